The van der Waals surface area contributed by atoms with E-state index < -0.39 is 5.82 Å². The van der Waals surface area contributed by atoms with Gasteiger partial charge in [0.25, 0.3) is 0 Å². The van der Waals surface area contributed by atoms with Crippen LogP contribution >= 0.6 is 15.9 Å². The summed E-state index contributed by atoms with van der Waals surface area (Å²) < 4.78 is 14.2. The lowest BCUT2D eigenvalue weighted by Gasteiger charge is -2.07. The zero-order chi connectivity index (χ0) is 12.6. The molecule has 3 nitrogen and oxygen atoms in total. The molecule has 2 rings (SSSR count). The molecule has 2 N–H and O–H groups in total. The molecule has 0 aliphatic heterocycles. The Bertz CT molecular complexity index is 561. The van der Waals surface area contributed by atoms with Gasteiger partial charge in [0, 0.05) is 10.0 Å². The van der Waals surface area contributed by atoms with Crippen molar-refractivity contribution in [3.8, 4) is 11.4 Å². The Morgan fingerprint density at radius 3 is 2.53 bits per heavy atom. The highest BCUT2D eigenvalue weighted by Gasteiger charge is 2.12. The number of hydrogen-bond acceptors (Lipinski definition) is 3. The van der Waals surface area contributed by atoms with Crippen molar-refractivity contribution in [3.05, 3.63) is 39.7 Å². The van der Waals surface area contributed by atoms with Crippen LogP contribution in [-0.2, 0) is 0 Å². The molecule has 88 valence electrons. The minimum atomic E-state index is -0.558. The van der Waals surface area contributed by atoms with Crippen LogP contribution in [0.25, 0.3) is 11.4 Å². The minimum absolute atomic E-state index is 0.125. The van der Waals surface area contributed by atoms with Crippen LogP contribution < -0.4 is 5.73 Å². The standard InChI is InChI=1S/C12H11BrFN3/c1-6-3-4-8(9(13)5-6)12-16-7(2)10(14)11(15)17-12/h3-5H,1-2H3,(H2,15,16,17). The molecule has 1 heterocycles. The number of nitrogens with zero attached hydrogens (tertiary/aromatic N) is 2. The molecule has 0 bridgehead atoms. The first-order chi connectivity index (χ1) is 7.99. The monoisotopic (exact) mass is 295 g/mol. The number of aromatic nitrogens is 2. The molecule has 1 aromatic carbocycles. The number of benzene rings is 1. The number of anilines is 1. The summed E-state index contributed by atoms with van der Waals surface area (Å²) in [6.45, 7) is 3.55. The Morgan fingerprint density at radius 2 is 1.94 bits per heavy atom. The van der Waals surface area contributed by atoms with Crippen LogP contribution in [0.15, 0.2) is 22.7 Å². The highest BCUT2D eigenvalue weighted by molar-refractivity contribution is 9.10. The Hall–Kier alpha value is -1.49. The van der Waals surface area contributed by atoms with Gasteiger partial charge in [-0.3, -0.25) is 0 Å². The molecule has 0 fully saturated rings. The fourth-order valence-electron chi connectivity index (χ4n) is 1.50. The predicted molar refractivity (Wildman–Crippen MR) is 69.0 cm³/mol. The smallest absolute Gasteiger partial charge is 0.186 e. The van der Waals surface area contributed by atoms with Crippen LogP contribution in [-0.4, -0.2) is 9.97 Å². The largest absolute Gasteiger partial charge is 0.381 e. The summed E-state index contributed by atoms with van der Waals surface area (Å²) in [5, 5.41) is 0. The lowest BCUT2D eigenvalue weighted by Crippen LogP contribution is -2.03. The third kappa shape index (κ3) is 2.29. The quantitative estimate of drug-likeness (QED) is 0.879. The van der Waals surface area contributed by atoms with E-state index in [9.17, 15) is 4.39 Å². The van der Waals surface area contributed by atoms with E-state index in [-0.39, 0.29) is 11.5 Å². The third-order valence-electron chi connectivity index (χ3n) is 2.41. The number of nitrogen functional groups attached to an aromatic ring is 1. The number of aryl methyl sites for hydroxylation is 2. The fraction of sp³-hybridized carbons (Fsp3) is 0.167. The van der Waals surface area contributed by atoms with Gasteiger partial charge >= 0.3 is 0 Å². The van der Waals surface area contributed by atoms with E-state index in [0.717, 1.165) is 15.6 Å². The van der Waals surface area contributed by atoms with Gasteiger partial charge in [-0.1, -0.05) is 22.0 Å². The maximum Gasteiger partial charge on any atom is 0.186 e. The number of halogens is 2. The van der Waals surface area contributed by atoms with Gasteiger partial charge in [-0.15, -0.1) is 0 Å². The van der Waals surface area contributed by atoms with E-state index in [0.29, 0.717) is 5.82 Å². The Balaban J connectivity index is 2.61. The van der Waals surface area contributed by atoms with Crippen LogP contribution in [0.2, 0.25) is 0 Å². The van der Waals surface area contributed by atoms with Gasteiger partial charge in [0.1, 0.15) is 0 Å². The van der Waals surface area contributed by atoms with Gasteiger partial charge < -0.3 is 5.73 Å². The summed E-state index contributed by atoms with van der Waals surface area (Å²) in [5.74, 6) is -0.259. The second-order valence-corrected chi connectivity index (χ2v) is 4.67. The first-order valence-electron chi connectivity index (χ1n) is 5.05. The molecule has 5 heteroatoms. The van der Waals surface area contributed by atoms with Crippen molar-refractivity contribution in [1.29, 1.82) is 0 Å². The van der Waals surface area contributed by atoms with Crippen molar-refractivity contribution in [1.82, 2.24) is 9.97 Å². The van der Waals surface area contributed by atoms with Crippen molar-refractivity contribution in [2.75, 3.05) is 5.73 Å². The molecule has 2 aromatic rings. The summed E-state index contributed by atoms with van der Waals surface area (Å²) in [4.78, 5) is 8.05. The normalized spacial score (nSPS) is 10.6. The Labute approximate surface area is 107 Å². The summed E-state index contributed by atoms with van der Waals surface area (Å²) in [7, 11) is 0. The highest BCUT2D eigenvalue weighted by atomic mass is 79.9. The average molecular weight is 296 g/mol. The van der Waals surface area contributed by atoms with E-state index in [1.807, 2.05) is 25.1 Å². The topological polar surface area (TPSA) is 51.8 Å². The molecule has 1 aromatic heterocycles. The molecule has 0 aliphatic rings. The maximum atomic E-state index is 13.3. The van der Waals surface area contributed by atoms with Gasteiger partial charge in [0.2, 0.25) is 0 Å². The third-order valence-corrected chi connectivity index (χ3v) is 3.06. The number of hydrogen-bond donors (Lipinski definition) is 1. The lowest BCUT2D eigenvalue weighted by molar-refractivity contribution is 0.608. The van der Waals surface area contributed by atoms with Gasteiger partial charge in [-0.25, -0.2) is 14.4 Å². The van der Waals surface area contributed by atoms with Crippen LogP contribution in [0.5, 0.6) is 0 Å². The summed E-state index contributed by atoms with van der Waals surface area (Å²) in [6, 6.07) is 5.78. The van der Waals surface area contributed by atoms with Crippen molar-refractivity contribution < 1.29 is 4.39 Å². The lowest BCUT2D eigenvalue weighted by atomic mass is 10.1. The van der Waals surface area contributed by atoms with Crippen molar-refractivity contribution in [2.24, 2.45) is 0 Å². The number of nitrogens with two attached hydrogens (primary N) is 1. The van der Waals surface area contributed by atoms with Crippen LogP contribution in [0.1, 0.15) is 11.3 Å². The van der Waals surface area contributed by atoms with E-state index in [1.165, 1.54) is 0 Å². The second kappa shape index (κ2) is 4.41. The van der Waals surface area contributed by atoms with Gasteiger partial charge in [-0.05, 0) is 31.5 Å². The minimum Gasteiger partial charge on any atom is -0.381 e. The predicted octanol–water partition coefficient (Wildman–Crippen LogP) is 3.24. The molecule has 0 atom stereocenters. The molecule has 0 aliphatic carbocycles. The van der Waals surface area contributed by atoms with E-state index in [1.54, 1.807) is 6.92 Å². The summed E-state index contributed by atoms with van der Waals surface area (Å²) in [6.07, 6.45) is 0. The van der Waals surface area contributed by atoms with Gasteiger partial charge in [0.05, 0.1) is 5.69 Å². The molecule has 0 amide bonds. The highest BCUT2D eigenvalue weighted by Crippen LogP contribution is 2.27. The SMILES string of the molecule is Cc1ccc(-c2nc(C)c(F)c(N)n2)c(Br)c1. The van der Waals surface area contributed by atoms with Gasteiger partial charge in [0.15, 0.2) is 17.5 Å². The summed E-state index contributed by atoms with van der Waals surface area (Å²) in [5.41, 5.74) is 7.66. The zero-order valence-electron chi connectivity index (χ0n) is 9.46. The Kier molecular flexibility index (Phi) is 3.11. The number of rotatable bonds is 1. The average Bonchev–Trinajstić information content (AvgIpc) is 2.25. The molecule has 0 unspecified atom stereocenters. The van der Waals surface area contributed by atoms with E-state index >= 15 is 0 Å². The first-order valence-corrected chi connectivity index (χ1v) is 5.84. The van der Waals surface area contributed by atoms with Crippen molar-refractivity contribution >= 4 is 21.7 Å². The zero-order valence-corrected chi connectivity index (χ0v) is 11.0. The van der Waals surface area contributed by atoms with Crippen LogP contribution in [0, 0.1) is 19.7 Å². The molecular weight excluding hydrogens is 285 g/mol. The van der Waals surface area contributed by atoms with Crippen LogP contribution in [0.4, 0.5) is 10.2 Å². The summed E-state index contributed by atoms with van der Waals surface area (Å²) >= 11 is 3.44. The molecule has 0 saturated carbocycles. The molecular formula is C12H11BrFN3. The molecule has 17 heavy (non-hydrogen) atoms. The first kappa shape index (κ1) is 12.0. The van der Waals surface area contributed by atoms with Gasteiger partial charge in [-0.2, -0.15) is 0 Å². The van der Waals surface area contributed by atoms with E-state index in [2.05, 4.69) is 25.9 Å². The second-order valence-electron chi connectivity index (χ2n) is 3.82. The van der Waals surface area contributed by atoms with Crippen LogP contribution in [0.3, 0.4) is 0 Å². The van der Waals surface area contributed by atoms with Crippen molar-refractivity contribution in [3.63, 3.8) is 0 Å². The maximum absolute atomic E-state index is 13.3. The molecule has 0 saturated heterocycles. The molecule has 0 spiro atoms. The fourth-order valence-corrected chi connectivity index (χ4v) is 2.17. The van der Waals surface area contributed by atoms with Crippen molar-refractivity contribution in [2.45, 2.75) is 13.8 Å². The van der Waals surface area contributed by atoms with E-state index in [4.69, 9.17) is 5.73 Å². The Morgan fingerprint density at radius 1 is 1.24 bits per heavy atom. The molecule has 0 radical (unpaired) electrons.